The molecule has 39 heavy (non-hydrogen) atoms. The van der Waals surface area contributed by atoms with Crippen LogP contribution < -0.4 is 4.90 Å². The molecule has 6 heteroatoms. The van der Waals surface area contributed by atoms with Crippen LogP contribution in [-0.4, -0.2) is 28.5 Å². The highest BCUT2D eigenvalue weighted by Crippen LogP contribution is 2.50. The van der Waals surface area contributed by atoms with E-state index in [1.165, 1.54) is 9.80 Å². The lowest BCUT2D eigenvalue weighted by Crippen LogP contribution is -2.33. The first kappa shape index (κ1) is 25.7. The van der Waals surface area contributed by atoms with Crippen molar-refractivity contribution in [1.82, 2.24) is 4.90 Å². The molecule has 202 valence electrons. The monoisotopic (exact) mass is 524 g/mol. The second-order valence-corrected chi connectivity index (χ2v) is 12.2. The third kappa shape index (κ3) is 3.90. The van der Waals surface area contributed by atoms with Gasteiger partial charge in [0.25, 0.3) is 0 Å². The molecular formula is C33H36N2O4. The van der Waals surface area contributed by atoms with Crippen molar-refractivity contribution in [1.29, 1.82) is 0 Å². The molecule has 2 saturated carbocycles. The van der Waals surface area contributed by atoms with Crippen molar-refractivity contribution in [3.05, 3.63) is 79.1 Å². The smallest absolute Gasteiger partial charge is 0.238 e. The van der Waals surface area contributed by atoms with E-state index in [1.807, 2.05) is 48.6 Å². The fourth-order valence-corrected chi connectivity index (χ4v) is 8.02. The zero-order valence-corrected chi connectivity index (χ0v) is 22.7. The predicted molar refractivity (Wildman–Crippen MR) is 149 cm³/mol. The number of amides is 4. The van der Waals surface area contributed by atoms with E-state index in [2.05, 4.69) is 33.1 Å². The van der Waals surface area contributed by atoms with Crippen LogP contribution in [0.15, 0.2) is 73.5 Å². The normalized spacial score (nSPS) is 37.4. The molecule has 0 N–H and O–H groups in total. The Labute approximate surface area is 230 Å². The van der Waals surface area contributed by atoms with Crippen LogP contribution in [-0.2, 0) is 25.6 Å². The molecule has 0 aromatic heterocycles. The van der Waals surface area contributed by atoms with Crippen molar-refractivity contribution < 1.29 is 19.2 Å². The molecule has 0 bridgehead atoms. The van der Waals surface area contributed by atoms with E-state index >= 15 is 0 Å². The van der Waals surface area contributed by atoms with Gasteiger partial charge >= 0.3 is 0 Å². The first-order valence-electron chi connectivity index (χ1n) is 14.2. The maximum atomic E-state index is 13.2. The summed E-state index contributed by atoms with van der Waals surface area (Å²) in [7, 11) is 0. The molecule has 2 saturated heterocycles. The van der Waals surface area contributed by atoms with Crippen LogP contribution in [0, 0.1) is 53.3 Å². The molecule has 0 spiro atoms. The SMILES string of the molecule is C=CC1CC(C)C2C(=O)N(C3=CCC(Cc4ccc(N5C(=O)C6C(C)CC(C=C)C6C5=O)cc4)C=C3)C(=O)C12. The number of anilines is 1. The first-order chi connectivity index (χ1) is 18.7. The Hall–Kier alpha value is -3.54. The molecule has 2 aliphatic heterocycles. The van der Waals surface area contributed by atoms with E-state index in [0.29, 0.717) is 11.4 Å². The molecule has 6 nitrogen and oxygen atoms in total. The standard InChI is InChI=1S/C33H36N2O4/c1-5-22-15-18(3)26-28(22)32(38)34(30(26)36)24-11-7-20(8-12-24)17-21-9-13-25(14-10-21)35-31(37)27-19(4)16-23(6-2)29(27)33(35)39/h5-9,11-14,18-19,21-23,26-29H,1-2,10,15-17H2,3-4H3. The lowest BCUT2D eigenvalue weighted by molar-refractivity contribution is -0.138. The van der Waals surface area contributed by atoms with E-state index < -0.39 is 0 Å². The zero-order chi connectivity index (χ0) is 27.6. The van der Waals surface area contributed by atoms with Crippen molar-refractivity contribution in [2.45, 2.75) is 39.5 Å². The summed E-state index contributed by atoms with van der Waals surface area (Å²) >= 11 is 0. The largest absolute Gasteiger partial charge is 0.274 e. The number of hydrogen-bond acceptors (Lipinski definition) is 4. The van der Waals surface area contributed by atoms with Gasteiger partial charge in [-0.2, -0.15) is 0 Å². The molecule has 4 fully saturated rings. The summed E-state index contributed by atoms with van der Waals surface area (Å²) in [5, 5.41) is 0. The summed E-state index contributed by atoms with van der Waals surface area (Å²) in [6.07, 6.45) is 12.8. The van der Waals surface area contributed by atoms with Crippen molar-refractivity contribution >= 4 is 29.3 Å². The van der Waals surface area contributed by atoms with E-state index in [9.17, 15) is 19.2 Å². The van der Waals surface area contributed by atoms with Gasteiger partial charge in [0, 0.05) is 5.70 Å². The van der Waals surface area contributed by atoms with Crippen LogP contribution in [0.3, 0.4) is 0 Å². The van der Waals surface area contributed by atoms with E-state index in [1.54, 1.807) is 0 Å². The molecule has 0 radical (unpaired) electrons. The molecule has 9 atom stereocenters. The first-order valence-corrected chi connectivity index (χ1v) is 14.2. The van der Waals surface area contributed by atoms with Gasteiger partial charge in [0.15, 0.2) is 0 Å². The van der Waals surface area contributed by atoms with E-state index in [4.69, 9.17) is 0 Å². The molecule has 4 amide bonds. The van der Waals surface area contributed by atoms with Crippen LogP contribution in [0.4, 0.5) is 5.69 Å². The topological polar surface area (TPSA) is 74.8 Å². The van der Waals surface area contributed by atoms with Gasteiger partial charge in [-0.15, -0.1) is 13.2 Å². The molecule has 2 heterocycles. The number of nitrogens with zero attached hydrogens (tertiary/aromatic N) is 2. The minimum Gasteiger partial charge on any atom is -0.274 e. The number of imide groups is 2. The Morgan fingerprint density at radius 3 is 1.79 bits per heavy atom. The Bertz CT molecular complexity index is 1320. The van der Waals surface area contributed by atoms with Gasteiger partial charge in [0.05, 0.1) is 29.4 Å². The number of allylic oxidation sites excluding steroid dienone is 5. The second kappa shape index (κ2) is 9.58. The van der Waals surface area contributed by atoms with Gasteiger partial charge in [-0.25, -0.2) is 0 Å². The van der Waals surface area contributed by atoms with Crippen LogP contribution in [0.2, 0.25) is 0 Å². The fraction of sp³-hybridized carbons (Fsp3) is 0.455. The number of carbonyl (C=O) groups excluding carboxylic acids is 4. The Kier molecular flexibility index (Phi) is 6.32. The van der Waals surface area contributed by atoms with Crippen LogP contribution in [0.1, 0.15) is 38.7 Å². The molecule has 9 unspecified atom stereocenters. The van der Waals surface area contributed by atoms with Crippen molar-refractivity contribution in [3.8, 4) is 0 Å². The number of carbonyl (C=O) groups is 4. The predicted octanol–water partition coefficient (Wildman–Crippen LogP) is 5.08. The highest BCUT2D eigenvalue weighted by atomic mass is 16.2. The molecule has 1 aromatic rings. The summed E-state index contributed by atoms with van der Waals surface area (Å²) in [6.45, 7) is 11.9. The molecule has 1 aromatic carbocycles. The van der Waals surface area contributed by atoms with Crippen LogP contribution in [0.5, 0.6) is 0 Å². The maximum absolute atomic E-state index is 13.2. The van der Waals surface area contributed by atoms with Crippen molar-refractivity contribution in [2.75, 3.05) is 4.90 Å². The number of benzene rings is 1. The number of rotatable bonds is 6. The van der Waals surface area contributed by atoms with E-state index in [-0.39, 0.29) is 76.9 Å². The van der Waals surface area contributed by atoms with E-state index in [0.717, 1.165) is 31.2 Å². The Balaban J connectivity index is 1.11. The summed E-state index contributed by atoms with van der Waals surface area (Å²) < 4.78 is 0. The Morgan fingerprint density at radius 2 is 1.28 bits per heavy atom. The van der Waals surface area contributed by atoms with Gasteiger partial charge in [0.1, 0.15) is 0 Å². The van der Waals surface area contributed by atoms with Crippen LogP contribution in [0.25, 0.3) is 0 Å². The lowest BCUT2D eigenvalue weighted by atomic mass is 9.90. The summed E-state index contributed by atoms with van der Waals surface area (Å²) in [6, 6.07) is 7.70. The summed E-state index contributed by atoms with van der Waals surface area (Å²) in [4.78, 5) is 55.5. The highest BCUT2D eigenvalue weighted by molar-refractivity contribution is 6.22. The summed E-state index contributed by atoms with van der Waals surface area (Å²) in [5.41, 5.74) is 2.42. The molecule has 5 aliphatic rings. The van der Waals surface area contributed by atoms with Crippen LogP contribution >= 0.6 is 0 Å². The molecular weight excluding hydrogens is 488 g/mol. The van der Waals surface area contributed by atoms with Crippen molar-refractivity contribution in [3.63, 3.8) is 0 Å². The minimum atomic E-state index is -0.294. The third-order valence-electron chi connectivity index (χ3n) is 9.96. The lowest BCUT2D eigenvalue weighted by Gasteiger charge is -2.23. The zero-order valence-electron chi connectivity index (χ0n) is 22.7. The number of likely N-dealkylation sites (tertiary alicyclic amines) is 1. The van der Waals surface area contributed by atoms with Gasteiger partial charge in [-0.05, 0) is 79.0 Å². The average Bonchev–Trinajstić information content (AvgIpc) is 3.61. The second-order valence-electron chi connectivity index (χ2n) is 12.2. The van der Waals surface area contributed by atoms with Gasteiger partial charge in [0.2, 0.25) is 23.6 Å². The number of hydrogen-bond donors (Lipinski definition) is 0. The van der Waals surface area contributed by atoms with Gasteiger partial charge in [-0.3, -0.25) is 29.0 Å². The molecule has 6 rings (SSSR count). The molecule has 3 aliphatic carbocycles. The number of fused-ring (bicyclic) bond motifs is 2. The van der Waals surface area contributed by atoms with Crippen molar-refractivity contribution in [2.24, 2.45) is 53.3 Å². The van der Waals surface area contributed by atoms with Gasteiger partial charge < -0.3 is 0 Å². The Morgan fingerprint density at radius 1 is 0.769 bits per heavy atom. The minimum absolute atomic E-state index is 0.0549. The highest BCUT2D eigenvalue weighted by Gasteiger charge is 2.58. The van der Waals surface area contributed by atoms with Gasteiger partial charge in [-0.1, -0.05) is 50.3 Å². The average molecular weight is 525 g/mol. The quantitative estimate of drug-likeness (QED) is 0.384. The summed E-state index contributed by atoms with van der Waals surface area (Å²) in [5.74, 6) is -0.734. The maximum Gasteiger partial charge on any atom is 0.238 e. The fourth-order valence-electron chi connectivity index (χ4n) is 8.02. The third-order valence-corrected chi connectivity index (χ3v) is 9.96.